The Kier molecular flexibility index (Phi) is 3.14. The van der Waals surface area contributed by atoms with Gasteiger partial charge in [0.05, 0.1) is 5.60 Å². The third-order valence-corrected chi connectivity index (χ3v) is 3.82. The van der Waals surface area contributed by atoms with Gasteiger partial charge >= 0.3 is 0 Å². The van der Waals surface area contributed by atoms with E-state index in [1.165, 1.54) is 5.56 Å². The highest BCUT2D eigenvalue weighted by atomic mass is 79.9. The first-order valence-electron chi connectivity index (χ1n) is 5.31. The summed E-state index contributed by atoms with van der Waals surface area (Å²) in [5, 5.41) is 9.88. The van der Waals surface area contributed by atoms with Crippen molar-refractivity contribution >= 4 is 15.9 Å². The number of halogens is 1. The van der Waals surface area contributed by atoms with E-state index in [2.05, 4.69) is 33.0 Å². The minimum Gasteiger partial charge on any atom is -0.387 e. The van der Waals surface area contributed by atoms with Crippen molar-refractivity contribution in [3.8, 4) is 0 Å². The van der Waals surface area contributed by atoms with Crippen LogP contribution in [-0.4, -0.2) is 28.7 Å². The number of aliphatic hydroxyl groups is 1. The molecule has 0 aliphatic carbocycles. The Balaban J connectivity index is 1.93. The van der Waals surface area contributed by atoms with Gasteiger partial charge in [-0.3, -0.25) is 4.90 Å². The number of hydrogen-bond acceptors (Lipinski definition) is 2. The zero-order valence-corrected chi connectivity index (χ0v) is 10.5. The number of nitrogens with zero attached hydrogens (tertiary/aromatic N) is 1. The van der Waals surface area contributed by atoms with E-state index in [1.807, 2.05) is 19.1 Å². The van der Waals surface area contributed by atoms with Crippen LogP contribution in [0.3, 0.4) is 0 Å². The van der Waals surface area contributed by atoms with Crippen LogP contribution in [-0.2, 0) is 6.54 Å². The van der Waals surface area contributed by atoms with Gasteiger partial charge in [0.1, 0.15) is 0 Å². The first kappa shape index (κ1) is 11.1. The maximum absolute atomic E-state index is 9.88. The quantitative estimate of drug-likeness (QED) is 0.911. The fourth-order valence-corrected chi connectivity index (χ4v) is 2.40. The van der Waals surface area contributed by atoms with Gasteiger partial charge in [0.25, 0.3) is 0 Å². The molecule has 0 aromatic heterocycles. The Morgan fingerprint density at radius 2 is 2.07 bits per heavy atom. The zero-order valence-electron chi connectivity index (χ0n) is 8.91. The smallest absolute Gasteiger partial charge is 0.0897 e. The number of β-amino-alcohol motifs (C(OH)–C–C–N with tert-alkyl or cyclic N) is 1. The molecule has 1 aliphatic rings. The van der Waals surface area contributed by atoms with Crippen molar-refractivity contribution in [3.05, 3.63) is 34.3 Å². The molecule has 3 heteroatoms. The van der Waals surface area contributed by atoms with Gasteiger partial charge in [-0.15, -0.1) is 0 Å². The van der Waals surface area contributed by atoms with Crippen LogP contribution in [0.2, 0.25) is 0 Å². The third-order valence-electron chi connectivity index (χ3n) is 3.05. The van der Waals surface area contributed by atoms with Crippen LogP contribution in [0.5, 0.6) is 0 Å². The summed E-state index contributed by atoms with van der Waals surface area (Å²) in [5.74, 6) is 0. The fraction of sp³-hybridized carbons (Fsp3) is 0.500. The lowest BCUT2D eigenvalue weighted by atomic mass is 9.91. The first-order chi connectivity index (χ1) is 7.13. The lowest BCUT2D eigenvalue weighted by Gasteiger charge is -2.46. The van der Waals surface area contributed by atoms with Gasteiger partial charge < -0.3 is 5.11 Å². The van der Waals surface area contributed by atoms with E-state index < -0.39 is 5.60 Å². The van der Waals surface area contributed by atoms with Gasteiger partial charge in [-0.05, 0) is 18.1 Å². The maximum Gasteiger partial charge on any atom is 0.0897 e. The van der Waals surface area contributed by atoms with E-state index in [0.29, 0.717) is 0 Å². The summed E-state index contributed by atoms with van der Waals surface area (Å²) in [6, 6.07) is 8.24. The van der Waals surface area contributed by atoms with E-state index in [0.717, 1.165) is 30.5 Å². The molecule has 0 spiro atoms. The molecule has 0 saturated carbocycles. The van der Waals surface area contributed by atoms with E-state index in [9.17, 15) is 5.11 Å². The fourth-order valence-electron chi connectivity index (χ4n) is 1.99. The molecule has 0 amide bonds. The van der Waals surface area contributed by atoms with Gasteiger partial charge in [0.2, 0.25) is 0 Å². The average molecular weight is 270 g/mol. The largest absolute Gasteiger partial charge is 0.387 e. The summed E-state index contributed by atoms with van der Waals surface area (Å²) >= 11 is 3.53. The van der Waals surface area contributed by atoms with Gasteiger partial charge in [0, 0.05) is 24.1 Å². The monoisotopic (exact) mass is 269 g/mol. The predicted octanol–water partition coefficient (Wildman–Crippen LogP) is 2.41. The Hall–Kier alpha value is -0.380. The number of likely N-dealkylation sites (tertiary alicyclic amines) is 1. The third kappa shape index (κ3) is 2.41. The molecule has 82 valence electrons. The second-order valence-electron chi connectivity index (χ2n) is 4.31. The van der Waals surface area contributed by atoms with Crippen LogP contribution in [0.4, 0.5) is 0 Å². The summed E-state index contributed by atoms with van der Waals surface area (Å²) in [6.07, 6.45) is 0.847. The van der Waals surface area contributed by atoms with Crippen molar-refractivity contribution in [1.29, 1.82) is 0 Å². The molecule has 0 bridgehead atoms. The van der Waals surface area contributed by atoms with Crippen molar-refractivity contribution in [1.82, 2.24) is 4.90 Å². The molecule has 1 aromatic carbocycles. The topological polar surface area (TPSA) is 23.5 Å². The molecule has 1 N–H and O–H groups in total. The molecule has 1 saturated heterocycles. The average Bonchev–Trinajstić information content (AvgIpc) is 2.18. The molecule has 0 radical (unpaired) electrons. The Morgan fingerprint density at radius 3 is 2.67 bits per heavy atom. The molecule has 0 atom stereocenters. The van der Waals surface area contributed by atoms with Crippen LogP contribution < -0.4 is 0 Å². The molecule has 1 fully saturated rings. The van der Waals surface area contributed by atoms with Crippen LogP contribution >= 0.6 is 15.9 Å². The Labute approximate surface area is 99.0 Å². The number of hydrogen-bond donors (Lipinski definition) is 1. The predicted molar refractivity (Wildman–Crippen MR) is 64.7 cm³/mol. The van der Waals surface area contributed by atoms with E-state index in [4.69, 9.17) is 0 Å². The summed E-state index contributed by atoms with van der Waals surface area (Å²) in [4.78, 5) is 2.27. The molecule has 2 nitrogen and oxygen atoms in total. The van der Waals surface area contributed by atoms with Crippen LogP contribution in [0.1, 0.15) is 18.9 Å². The van der Waals surface area contributed by atoms with Crippen molar-refractivity contribution in [2.24, 2.45) is 0 Å². The summed E-state index contributed by atoms with van der Waals surface area (Å²) < 4.78 is 1.15. The van der Waals surface area contributed by atoms with Gasteiger partial charge in [-0.25, -0.2) is 0 Å². The SMILES string of the molecule is CCC1(O)CN(Cc2ccccc2Br)C1. The zero-order chi connectivity index (χ0) is 10.9. The highest BCUT2D eigenvalue weighted by molar-refractivity contribution is 9.10. The lowest BCUT2D eigenvalue weighted by Crippen LogP contribution is -2.60. The molecule has 0 unspecified atom stereocenters. The van der Waals surface area contributed by atoms with Gasteiger partial charge in [-0.1, -0.05) is 41.1 Å². The first-order valence-corrected chi connectivity index (χ1v) is 6.10. The van der Waals surface area contributed by atoms with Crippen molar-refractivity contribution < 1.29 is 5.11 Å². The minimum atomic E-state index is -0.429. The molecule has 1 heterocycles. The Bertz CT molecular complexity index is 347. The van der Waals surface area contributed by atoms with E-state index >= 15 is 0 Å². The second-order valence-corrected chi connectivity index (χ2v) is 5.17. The van der Waals surface area contributed by atoms with Gasteiger partial charge in [0.15, 0.2) is 0 Å². The summed E-state index contributed by atoms with van der Waals surface area (Å²) in [5.41, 5.74) is 0.858. The molecule has 2 rings (SSSR count). The van der Waals surface area contributed by atoms with Crippen LogP contribution in [0.15, 0.2) is 28.7 Å². The number of rotatable bonds is 3. The maximum atomic E-state index is 9.88. The van der Waals surface area contributed by atoms with Crippen molar-refractivity contribution in [2.45, 2.75) is 25.5 Å². The molecule has 1 aliphatic heterocycles. The van der Waals surface area contributed by atoms with E-state index in [-0.39, 0.29) is 0 Å². The second kappa shape index (κ2) is 4.24. The Morgan fingerprint density at radius 1 is 1.40 bits per heavy atom. The van der Waals surface area contributed by atoms with Crippen molar-refractivity contribution in [3.63, 3.8) is 0 Å². The molecule has 15 heavy (non-hydrogen) atoms. The minimum absolute atomic E-state index is 0.429. The van der Waals surface area contributed by atoms with Crippen molar-refractivity contribution in [2.75, 3.05) is 13.1 Å². The van der Waals surface area contributed by atoms with Gasteiger partial charge in [-0.2, -0.15) is 0 Å². The summed E-state index contributed by atoms with van der Waals surface area (Å²) in [6.45, 7) is 4.55. The standard InChI is InChI=1S/C12H16BrNO/c1-2-12(15)8-14(9-12)7-10-5-3-4-6-11(10)13/h3-6,15H,2,7-9H2,1H3. The van der Waals surface area contributed by atoms with Crippen LogP contribution in [0.25, 0.3) is 0 Å². The summed E-state index contributed by atoms with van der Waals surface area (Å²) in [7, 11) is 0. The van der Waals surface area contributed by atoms with Crippen LogP contribution in [0, 0.1) is 0 Å². The normalized spacial score (nSPS) is 19.9. The lowest BCUT2D eigenvalue weighted by molar-refractivity contribution is -0.103. The molecular formula is C12H16BrNO. The van der Waals surface area contributed by atoms with E-state index in [1.54, 1.807) is 0 Å². The molecule has 1 aromatic rings. The molecular weight excluding hydrogens is 254 g/mol. The highest BCUT2D eigenvalue weighted by Crippen LogP contribution is 2.27. The number of benzene rings is 1. The highest BCUT2D eigenvalue weighted by Gasteiger charge is 2.39.